The number of carbonyl (C=O) groups is 1. The van der Waals surface area contributed by atoms with Crippen molar-refractivity contribution in [3.05, 3.63) is 64.7 Å². The molecule has 2 aromatic carbocycles. The third-order valence-corrected chi connectivity index (χ3v) is 6.71. The Hall–Kier alpha value is -2.57. The lowest BCUT2D eigenvalue weighted by Gasteiger charge is -2.42. The Morgan fingerprint density at radius 1 is 1.12 bits per heavy atom. The molecule has 0 spiro atoms. The highest BCUT2D eigenvalue weighted by Gasteiger charge is 2.33. The molecule has 2 aromatic rings. The number of nitrogens with one attached hydrogen (secondary N) is 1. The lowest BCUT2D eigenvalue weighted by atomic mass is 9.95. The molecule has 2 fully saturated rings. The molecule has 0 aromatic heterocycles. The monoisotopic (exact) mass is 453 g/mol. The molecule has 1 unspecified atom stereocenters. The number of benzene rings is 2. The van der Waals surface area contributed by atoms with Crippen LogP contribution in [0.3, 0.4) is 0 Å². The van der Waals surface area contributed by atoms with Crippen LogP contribution in [0.2, 0.25) is 5.02 Å². The molecular formula is C25H32ClN5O. The van der Waals surface area contributed by atoms with Gasteiger partial charge in [-0.15, -0.1) is 0 Å². The van der Waals surface area contributed by atoms with Crippen LogP contribution in [0, 0.1) is 17.2 Å². The molecule has 1 atom stereocenters. The molecule has 7 heteroatoms. The summed E-state index contributed by atoms with van der Waals surface area (Å²) in [7, 11) is 0. The van der Waals surface area contributed by atoms with Crippen LogP contribution in [-0.4, -0.2) is 54.4 Å². The summed E-state index contributed by atoms with van der Waals surface area (Å²) in [5.74, 6) is 0.924. The Labute approximate surface area is 195 Å². The lowest BCUT2D eigenvalue weighted by molar-refractivity contribution is 0.131. The number of hydrogen-bond donors (Lipinski definition) is 2. The van der Waals surface area contributed by atoms with Gasteiger partial charge in [-0.1, -0.05) is 42.8 Å². The number of nitrogen functional groups attached to an aromatic ring is 1. The van der Waals surface area contributed by atoms with Crippen molar-refractivity contribution in [2.24, 2.45) is 17.6 Å². The molecule has 2 amide bonds. The number of amidine groups is 1. The van der Waals surface area contributed by atoms with E-state index in [1.165, 1.54) is 5.56 Å². The van der Waals surface area contributed by atoms with E-state index in [-0.39, 0.29) is 11.9 Å². The maximum Gasteiger partial charge on any atom is 0.324 e. The summed E-state index contributed by atoms with van der Waals surface area (Å²) in [5.41, 5.74) is 8.36. The van der Waals surface area contributed by atoms with Crippen molar-refractivity contribution in [2.75, 3.05) is 37.6 Å². The number of nitrogens with zero attached hydrogens (tertiary/aromatic N) is 3. The SMILES string of the molecule is CC1CN(CC2CCN(Cc3cccc(Cl)c3)CC2)C(=O)N(c2cccc(C(=N)N)c2)C1. The van der Waals surface area contributed by atoms with Crippen LogP contribution in [0.4, 0.5) is 10.5 Å². The molecule has 0 saturated carbocycles. The van der Waals surface area contributed by atoms with Gasteiger partial charge < -0.3 is 10.6 Å². The van der Waals surface area contributed by atoms with Crippen molar-refractivity contribution in [1.82, 2.24) is 9.80 Å². The number of nitrogens with two attached hydrogens (primary N) is 1. The summed E-state index contributed by atoms with van der Waals surface area (Å²) in [4.78, 5) is 19.6. The third-order valence-electron chi connectivity index (χ3n) is 6.48. The molecule has 170 valence electrons. The number of anilines is 1. The van der Waals surface area contributed by atoms with Gasteiger partial charge in [-0.25, -0.2) is 4.79 Å². The smallest absolute Gasteiger partial charge is 0.324 e. The van der Waals surface area contributed by atoms with Crippen molar-refractivity contribution in [2.45, 2.75) is 26.3 Å². The van der Waals surface area contributed by atoms with Crippen LogP contribution >= 0.6 is 11.6 Å². The van der Waals surface area contributed by atoms with Gasteiger partial charge in [0.15, 0.2) is 0 Å². The predicted octanol–water partition coefficient (Wildman–Crippen LogP) is 4.41. The highest BCUT2D eigenvalue weighted by molar-refractivity contribution is 6.30. The Morgan fingerprint density at radius 2 is 1.88 bits per heavy atom. The van der Waals surface area contributed by atoms with E-state index in [1.807, 2.05) is 46.2 Å². The fourth-order valence-corrected chi connectivity index (χ4v) is 5.03. The van der Waals surface area contributed by atoms with Crippen LogP contribution < -0.4 is 10.6 Å². The number of rotatable bonds is 6. The van der Waals surface area contributed by atoms with E-state index in [4.69, 9.17) is 22.7 Å². The highest BCUT2D eigenvalue weighted by Crippen LogP contribution is 2.27. The molecule has 0 radical (unpaired) electrons. The number of likely N-dealkylation sites (tertiary alicyclic amines) is 1. The average Bonchev–Trinajstić information content (AvgIpc) is 2.77. The zero-order valence-electron chi connectivity index (χ0n) is 18.6. The Kier molecular flexibility index (Phi) is 7.01. The number of piperidine rings is 1. The molecule has 2 aliphatic heterocycles. The second-order valence-electron chi connectivity index (χ2n) is 9.22. The van der Waals surface area contributed by atoms with Crippen LogP contribution in [0.1, 0.15) is 30.9 Å². The lowest BCUT2D eigenvalue weighted by Crippen LogP contribution is -2.54. The van der Waals surface area contributed by atoms with Gasteiger partial charge in [-0.3, -0.25) is 15.2 Å². The second kappa shape index (κ2) is 9.92. The largest absolute Gasteiger partial charge is 0.384 e. The summed E-state index contributed by atoms with van der Waals surface area (Å²) in [5, 5.41) is 8.48. The van der Waals surface area contributed by atoms with Gasteiger partial charge in [0.05, 0.1) is 0 Å². The summed E-state index contributed by atoms with van der Waals surface area (Å²) in [6.45, 7) is 7.48. The average molecular weight is 454 g/mol. The quantitative estimate of drug-likeness (QED) is 0.502. The molecule has 2 aliphatic rings. The van der Waals surface area contributed by atoms with E-state index in [1.54, 1.807) is 6.07 Å². The van der Waals surface area contributed by atoms with Gasteiger partial charge in [0.2, 0.25) is 0 Å². The van der Waals surface area contributed by atoms with E-state index in [2.05, 4.69) is 17.9 Å². The summed E-state index contributed by atoms with van der Waals surface area (Å²) in [6, 6.07) is 15.6. The van der Waals surface area contributed by atoms with Crippen LogP contribution in [0.25, 0.3) is 0 Å². The number of amides is 2. The minimum Gasteiger partial charge on any atom is -0.384 e. The summed E-state index contributed by atoms with van der Waals surface area (Å²) >= 11 is 6.12. The molecular weight excluding hydrogens is 422 g/mol. The van der Waals surface area contributed by atoms with Gasteiger partial charge in [0, 0.05) is 42.5 Å². The fourth-order valence-electron chi connectivity index (χ4n) is 4.81. The molecule has 6 nitrogen and oxygen atoms in total. The van der Waals surface area contributed by atoms with Crippen LogP contribution in [0.5, 0.6) is 0 Å². The molecule has 0 aliphatic carbocycles. The highest BCUT2D eigenvalue weighted by atomic mass is 35.5. The Bertz CT molecular complexity index is 972. The summed E-state index contributed by atoms with van der Waals surface area (Å²) < 4.78 is 0. The first-order valence-electron chi connectivity index (χ1n) is 11.4. The van der Waals surface area contributed by atoms with Crippen molar-refractivity contribution in [3.8, 4) is 0 Å². The fraction of sp³-hybridized carbons (Fsp3) is 0.440. The van der Waals surface area contributed by atoms with Gasteiger partial charge in [0.1, 0.15) is 5.84 Å². The number of halogens is 1. The molecule has 2 heterocycles. The van der Waals surface area contributed by atoms with Crippen LogP contribution in [0.15, 0.2) is 48.5 Å². The number of hydrogen-bond acceptors (Lipinski definition) is 3. The topological polar surface area (TPSA) is 76.7 Å². The van der Waals surface area contributed by atoms with Gasteiger partial charge in [-0.2, -0.15) is 0 Å². The van der Waals surface area contributed by atoms with E-state index < -0.39 is 0 Å². The number of carbonyl (C=O) groups excluding carboxylic acids is 1. The van der Waals surface area contributed by atoms with Gasteiger partial charge >= 0.3 is 6.03 Å². The predicted molar refractivity (Wildman–Crippen MR) is 130 cm³/mol. The van der Waals surface area contributed by atoms with E-state index in [0.717, 1.165) is 56.3 Å². The molecule has 4 rings (SSSR count). The van der Waals surface area contributed by atoms with E-state index in [9.17, 15) is 4.79 Å². The van der Waals surface area contributed by atoms with E-state index in [0.29, 0.717) is 23.9 Å². The first kappa shape index (κ1) is 22.6. The maximum absolute atomic E-state index is 13.3. The zero-order valence-corrected chi connectivity index (χ0v) is 19.4. The van der Waals surface area contributed by atoms with Gasteiger partial charge in [0.25, 0.3) is 0 Å². The van der Waals surface area contributed by atoms with Crippen molar-refractivity contribution < 1.29 is 4.79 Å². The van der Waals surface area contributed by atoms with Crippen LogP contribution in [-0.2, 0) is 6.54 Å². The minimum atomic E-state index is 0.0192. The van der Waals surface area contributed by atoms with Crippen molar-refractivity contribution in [1.29, 1.82) is 5.41 Å². The Balaban J connectivity index is 1.35. The first-order chi connectivity index (χ1) is 15.4. The summed E-state index contributed by atoms with van der Waals surface area (Å²) in [6.07, 6.45) is 2.19. The number of urea groups is 1. The van der Waals surface area contributed by atoms with Crippen molar-refractivity contribution in [3.63, 3.8) is 0 Å². The minimum absolute atomic E-state index is 0.0192. The molecule has 0 bridgehead atoms. The normalized spacial score (nSPS) is 20.6. The molecule has 32 heavy (non-hydrogen) atoms. The first-order valence-corrected chi connectivity index (χ1v) is 11.7. The van der Waals surface area contributed by atoms with Gasteiger partial charge in [-0.05, 0) is 67.6 Å². The van der Waals surface area contributed by atoms with E-state index >= 15 is 0 Å². The maximum atomic E-state index is 13.3. The van der Waals surface area contributed by atoms with Crippen molar-refractivity contribution >= 4 is 29.2 Å². The molecule has 2 saturated heterocycles. The molecule has 3 N–H and O–H groups in total. The third kappa shape index (κ3) is 5.43. The zero-order chi connectivity index (χ0) is 22.7. The Morgan fingerprint density at radius 3 is 2.59 bits per heavy atom. The standard InChI is InChI=1S/C25H32ClN5O/c1-18-14-30(25(32)31(15-18)23-7-3-5-21(13-23)24(27)28)17-19-8-10-29(11-9-19)16-20-4-2-6-22(26)12-20/h2-7,12-13,18-19H,8-11,14-17H2,1H3,(H3,27,28). The second-order valence-corrected chi connectivity index (χ2v) is 9.65.